The van der Waals surface area contributed by atoms with Crippen LogP contribution in [0.2, 0.25) is 0 Å². The summed E-state index contributed by atoms with van der Waals surface area (Å²) in [5.41, 5.74) is 1.94. The molecule has 0 heterocycles. The Morgan fingerprint density at radius 1 is 0.720 bits per heavy atom. The van der Waals surface area contributed by atoms with Gasteiger partial charge in [-0.2, -0.15) is 5.06 Å². The van der Waals surface area contributed by atoms with E-state index in [4.69, 9.17) is 9.57 Å². The number of hydroxylamine groups is 2. The molecule has 0 aromatic heterocycles. The molecule has 0 atom stereocenters. The molecule has 0 aliphatic rings. The summed E-state index contributed by atoms with van der Waals surface area (Å²) >= 11 is 0. The minimum atomic E-state index is -0.550. The third-order valence-electron chi connectivity index (χ3n) is 3.55. The fourth-order valence-corrected chi connectivity index (χ4v) is 2.28. The molecule has 126 valence electrons. The zero-order chi connectivity index (χ0) is 17.3. The molecule has 0 saturated heterocycles. The standard InChI is InChI=1S/C21H19NO3/c23-21(25-20-14-8-3-9-15-20)22(16-18-10-4-1-5-11-18)24-17-19-12-6-2-7-13-19/h1-15H,16-17H2. The summed E-state index contributed by atoms with van der Waals surface area (Å²) in [7, 11) is 0. The molecule has 3 rings (SSSR count). The summed E-state index contributed by atoms with van der Waals surface area (Å²) in [4.78, 5) is 18.2. The maximum Gasteiger partial charge on any atom is 0.439 e. The van der Waals surface area contributed by atoms with Crippen molar-refractivity contribution in [1.29, 1.82) is 0 Å². The van der Waals surface area contributed by atoms with E-state index in [1.54, 1.807) is 12.1 Å². The topological polar surface area (TPSA) is 38.8 Å². The quantitative estimate of drug-likeness (QED) is 0.607. The van der Waals surface area contributed by atoms with Gasteiger partial charge in [-0.25, -0.2) is 4.79 Å². The first kappa shape index (κ1) is 16.7. The molecule has 25 heavy (non-hydrogen) atoms. The molecule has 0 bridgehead atoms. The van der Waals surface area contributed by atoms with Gasteiger partial charge in [0.25, 0.3) is 0 Å². The number of nitrogens with zero attached hydrogens (tertiary/aromatic N) is 1. The molecule has 0 spiro atoms. The van der Waals surface area contributed by atoms with Crippen molar-refractivity contribution in [3.8, 4) is 5.75 Å². The maximum atomic E-state index is 12.5. The van der Waals surface area contributed by atoms with Crippen LogP contribution in [0.15, 0.2) is 91.0 Å². The highest BCUT2D eigenvalue weighted by atomic mass is 16.7. The lowest BCUT2D eigenvalue weighted by Crippen LogP contribution is -2.33. The van der Waals surface area contributed by atoms with Crippen molar-refractivity contribution < 1.29 is 14.4 Å². The number of para-hydroxylation sites is 1. The highest BCUT2D eigenvalue weighted by Crippen LogP contribution is 2.14. The minimum absolute atomic E-state index is 0.289. The second kappa shape index (κ2) is 8.66. The van der Waals surface area contributed by atoms with Gasteiger partial charge in [-0.05, 0) is 23.3 Å². The van der Waals surface area contributed by atoms with E-state index < -0.39 is 6.09 Å². The Labute approximate surface area is 147 Å². The van der Waals surface area contributed by atoms with E-state index in [0.29, 0.717) is 12.3 Å². The normalized spacial score (nSPS) is 10.2. The molecule has 0 fully saturated rings. The van der Waals surface area contributed by atoms with Crippen LogP contribution in [0.5, 0.6) is 5.75 Å². The number of carbonyl (C=O) groups excluding carboxylic acids is 1. The molecule has 3 aromatic rings. The Morgan fingerprint density at radius 2 is 1.24 bits per heavy atom. The van der Waals surface area contributed by atoms with Crippen LogP contribution in [0.4, 0.5) is 4.79 Å². The zero-order valence-corrected chi connectivity index (χ0v) is 13.7. The van der Waals surface area contributed by atoms with Crippen LogP contribution in [0.25, 0.3) is 0 Å². The van der Waals surface area contributed by atoms with Gasteiger partial charge in [0.1, 0.15) is 12.4 Å². The summed E-state index contributed by atoms with van der Waals surface area (Å²) in [6.45, 7) is 0.594. The fourth-order valence-electron chi connectivity index (χ4n) is 2.28. The highest BCUT2D eigenvalue weighted by molar-refractivity contribution is 5.69. The molecule has 1 amide bonds. The Kier molecular flexibility index (Phi) is 5.80. The first-order valence-electron chi connectivity index (χ1n) is 8.06. The number of hydrogen-bond acceptors (Lipinski definition) is 3. The molecule has 0 aliphatic carbocycles. The smallest absolute Gasteiger partial charge is 0.409 e. The van der Waals surface area contributed by atoms with E-state index in [1.807, 2.05) is 78.9 Å². The number of amides is 1. The largest absolute Gasteiger partial charge is 0.439 e. The Hall–Kier alpha value is -3.11. The van der Waals surface area contributed by atoms with Gasteiger partial charge in [0.15, 0.2) is 0 Å². The summed E-state index contributed by atoms with van der Waals surface area (Å²) in [6.07, 6.45) is -0.550. The lowest BCUT2D eigenvalue weighted by Gasteiger charge is -2.21. The van der Waals surface area contributed by atoms with E-state index in [2.05, 4.69) is 0 Å². The Bertz CT molecular complexity index is 776. The molecule has 4 heteroatoms. The minimum Gasteiger partial charge on any atom is -0.409 e. The van der Waals surface area contributed by atoms with Crippen molar-refractivity contribution >= 4 is 6.09 Å². The predicted molar refractivity (Wildman–Crippen MR) is 95.7 cm³/mol. The Morgan fingerprint density at radius 3 is 1.84 bits per heavy atom. The van der Waals surface area contributed by atoms with Crippen molar-refractivity contribution in [2.45, 2.75) is 13.2 Å². The molecule has 3 aromatic carbocycles. The van der Waals surface area contributed by atoms with Gasteiger partial charge >= 0.3 is 6.09 Å². The molecule has 0 aliphatic heterocycles. The van der Waals surface area contributed by atoms with Gasteiger partial charge in [-0.3, -0.25) is 4.84 Å². The second-order valence-electron chi connectivity index (χ2n) is 5.46. The van der Waals surface area contributed by atoms with Crippen LogP contribution in [-0.4, -0.2) is 11.2 Å². The summed E-state index contributed by atoms with van der Waals surface area (Å²) < 4.78 is 5.40. The third kappa shape index (κ3) is 5.19. The number of hydrogen-bond donors (Lipinski definition) is 0. The second-order valence-corrected chi connectivity index (χ2v) is 5.46. The molecule has 0 unspecified atom stereocenters. The number of carbonyl (C=O) groups is 1. The molecular weight excluding hydrogens is 314 g/mol. The van der Waals surface area contributed by atoms with Gasteiger partial charge < -0.3 is 4.74 Å². The first-order valence-corrected chi connectivity index (χ1v) is 8.06. The first-order chi connectivity index (χ1) is 12.3. The van der Waals surface area contributed by atoms with Crippen LogP contribution in [0, 0.1) is 0 Å². The van der Waals surface area contributed by atoms with E-state index in [-0.39, 0.29) is 6.61 Å². The van der Waals surface area contributed by atoms with E-state index in [9.17, 15) is 4.79 Å². The lowest BCUT2D eigenvalue weighted by atomic mass is 10.2. The molecular formula is C21H19NO3. The maximum absolute atomic E-state index is 12.5. The van der Waals surface area contributed by atoms with Crippen LogP contribution < -0.4 is 4.74 Å². The Balaban J connectivity index is 1.70. The van der Waals surface area contributed by atoms with Crippen molar-refractivity contribution in [3.63, 3.8) is 0 Å². The van der Waals surface area contributed by atoms with Gasteiger partial charge in [-0.1, -0.05) is 78.9 Å². The van der Waals surface area contributed by atoms with Crippen molar-refractivity contribution in [3.05, 3.63) is 102 Å². The van der Waals surface area contributed by atoms with E-state index in [1.165, 1.54) is 5.06 Å². The molecule has 0 N–H and O–H groups in total. The van der Waals surface area contributed by atoms with Crippen LogP contribution in [0.1, 0.15) is 11.1 Å². The molecule has 0 saturated carbocycles. The summed E-state index contributed by atoms with van der Waals surface area (Å²) in [5, 5.41) is 1.25. The van der Waals surface area contributed by atoms with Gasteiger partial charge in [-0.15, -0.1) is 0 Å². The SMILES string of the molecule is O=C(Oc1ccccc1)N(Cc1ccccc1)OCc1ccccc1. The van der Waals surface area contributed by atoms with Crippen molar-refractivity contribution in [2.24, 2.45) is 0 Å². The van der Waals surface area contributed by atoms with Gasteiger partial charge in [0.05, 0.1) is 6.54 Å². The zero-order valence-electron chi connectivity index (χ0n) is 13.7. The fraction of sp³-hybridized carbons (Fsp3) is 0.0952. The summed E-state index contributed by atoms with van der Waals surface area (Å²) in [5.74, 6) is 0.480. The number of ether oxygens (including phenoxy) is 1. The van der Waals surface area contributed by atoms with E-state index in [0.717, 1.165) is 11.1 Å². The predicted octanol–water partition coefficient (Wildman–Crippen LogP) is 4.82. The highest BCUT2D eigenvalue weighted by Gasteiger charge is 2.18. The van der Waals surface area contributed by atoms with E-state index >= 15 is 0 Å². The van der Waals surface area contributed by atoms with Crippen LogP contribution >= 0.6 is 0 Å². The van der Waals surface area contributed by atoms with Crippen LogP contribution in [0.3, 0.4) is 0 Å². The third-order valence-corrected chi connectivity index (χ3v) is 3.55. The molecule has 4 nitrogen and oxygen atoms in total. The van der Waals surface area contributed by atoms with Crippen molar-refractivity contribution in [2.75, 3.05) is 0 Å². The average molecular weight is 333 g/mol. The van der Waals surface area contributed by atoms with Crippen LogP contribution in [-0.2, 0) is 18.0 Å². The molecule has 0 radical (unpaired) electrons. The van der Waals surface area contributed by atoms with Gasteiger partial charge in [0.2, 0.25) is 0 Å². The number of rotatable bonds is 6. The average Bonchev–Trinajstić information content (AvgIpc) is 2.67. The van der Waals surface area contributed by atoms with Crippen molar-refractivity contribution in [1.82, 2.24) is 5.06 Å². The lowest BCUT2D eigenvalue weighted by molar-refractivity contribution is -0.145. The monoisotopic (exact) mass is 333 g/mol. The van der Waals surface area contributed by atoms with Gasteiger partial charge in [0, 0.05) is 0 Å². The number of benzene rings is 3. The summed E-state index contributed by atoms with van der Waals surface area (Å²) in [6, 6.07) is 28.3.